The summed E-state index contributed by atoms with van der Waals surface area (Å²) in [7, 11) is 0. The molecule has 10 nitrogen and oxygen atoms in total. The van der Waals surface area contributed by atoms with Crippen molar-refractivity contribution in [3.63, 3.8) is 0 Å². The van der Waals surface area contributed by atoms with Gasteiger partial charge in [-0.1, -0.05) is 0 Å². The molecule has 2 fully saturated rings. The fourth-order valence-corrected chi connectivity index (χ4v) is 5.15. The average molecular weight is 496 g/mol. The molecule has 1 aliphatic heterocycles. The van der Waals surface area contributed by atoms with Crippen LogP contribution in [0.3, 0.4) is 0 Å². The Bertz CT molecular complexity index is 1150. The van der Waals surface area contributed by atoms with Crippen molar-refractivity contribution in [2.75, 3.05) is 31.1 Å². The molecule has 10 heteroatoms. The monoisotopic (exact) mass is 495 g/mol. The molecule has 1 aliphatic carbocycles. The number of carbonyl (C=O) groups is 1. The van der Waals surface area contributed by atoms with Crippen LogP contribution >= 0.6 is 0 Å². The van der Waals surface area contributed by atoms with Crippen LogP contribution in [0, 0.1) is 6.92 Å². The number of hydrogen-bond acceptors (Lipinski definition) is 7. The summed E-state index contributed by atoms with van der Waals surface area (Å²) in [6, 6.07) is 8.06. The Kier molecular flexibility index (Phi) is 7.39. The lowest BCUT2D eigenvalue weighted by Crippen LogP contribution is -2.57. The molecule has 0 spiro atoms. The smallest absolute Gasteiger partial charge is 0.230 e. The number of hydrogen-bond donors (Lipinski definition) is 1. The van der Waals surface area contributed by atoms with Crippen LogP contribution in [0.2, 0.25) is 0 Å². The van der Waals surface area contributed by atoms with E-state index in [1.807, 2.05) is 41.8 Å². The van der Waals surface area contributed by atoms with Crippen LogP contribution in [-0.2, 0) is 17.8 Å². The highest BCUT2D eigenvalue weighted by molar-refractivity contribution is 5.78. The number of aromatic amines is 1. The molecule has 1 N–H and O–H groups in total. The first-order valence-electron chi connectivity index (χ1n) is 12.9. The molecule has 194 valence electrons. The van der Waals surface area contributed by atoms with E-state index in [-0.39, 0.29) is 25.9 Å². The van der Waals surface area contributed by atoms with Crippen LogP contribution in [0.15, 0.2) is 36.7 Å². The van der Waals surface area contributed by atoms with Gasteiger partial charge in [0.2, 0.25) is 5.91 Å². The number of carbonyl (C=O) groups excluding carboxylic acids is 1. The zero-order chi connectivity index (χ0) is 24.9. The van der Waals surface area contributed by atoms with E-state index in [1.165, 1.54) is 12.8 Å². The zero-order valence-electron chi connectivity index (χ0n) is 21.1. The lowest BCUT2D eigenvalue weighted by atomic mass is 10.1. The summed E-state index contributed by atoms with van der Waals surface area (Å²) in [4.78, 5) is 21.9. The summed E-state index contributed by atoms with van der Waals surface area (Å²) >= 11 is 0. The highest BCUT2D eigenvalue weighted by Crippen LogP contribution is 2.36. The van der Waals surface area contributed by atoms with Crippen LogP contribution in [0.25, 0.3) is 0 Å². The highest BCUT2D eigenvalue weighted by atomic mass is 16.5. The molecule has 5 rings (SSSR count). The van der Waals surface area contributed by atoms with Gasteiger partial charge in [-0.25, -0.2) is 4.98 Å². The third-order valence-corrected chi connectivity index (χ3v) is 6.90. The van der Waals surface area contributed by atoms with Gasteiger partial charge in [0.25, 0.3) is 0 Å². The molecule has 0 radical (unpaired) electrons. The molecule has 3 aromatic rings. The fraction of sp³-hybridized carbons (Fsp3) is 0.538. The Morgan fingerprint density at radius 3 is 2.81 bits per heavy atom. The van der Waals surface area contributed by atoms with E-state index >= 15 is 0 Å². The molecule has 0 unspecified atom stereocenters. The van der Waals surface area contributed by atoms with E-state index in [0.717, 1.165) is 36.6 Å². The molecule has 1 saturated heterocycles. The minimum atomic E-state index is -0.0445. The topological polar surface area (TPSA) is 101 Å². The van der Waals surface area contributed by atoms with Gasteiger partial charge in [0.15, 0.2) is 17.3 Å². The number of benzene rings is 1. The molecule has 1 atom stereocenters. The van der Waals surface area contributed by atoms with Crippen molar-refractivity contribution in [3.05, 3.63) is 48.3 Å². The molecular formula is C26H37N7O3. The molecule has 1 saturated carbocycles. The first-order chi connectivity index (χ1) is 17.6. The molecular weight excluding hydrogens is 458 g/mol. The SMILES string of the molecule is CCOc1ccc(N2CCN(C(=O)Cc3n[nH]c(C)n3)[C@@H](Cn3cccn3)C2)cc1OC1CCCC1.[HH]. The van der Waals surface area contributed by atoms with Gasteiger partial charge in [0, 0.05) is 45.2 Å². The Morgan fingerprint density at radius 2 is 2.08 bits per heavy atom. The number of rotatable bonds is 9. The van der Waals surface area contributed by atoms with Crippen molar-refractivity contribution in [1.82, 2.24) is 29.9 Å². The van der Waals surface area contributed by atoms with Crippen molar-refractivity contribution in [2.45, 2.75) is 64.6 Å². The van der Waals surface area contributed by atoms with Gasteiger partial charge < -0.3 is 19.3 Å². The van der Waals surface area contributed by atoms with E-state index in [4.69, 9.17) is 9.47 Å². The number of aryl methyl sites for hydroxylation is 1. The summed E-state index contributed by atoms with van der Waals surface area (Å²) in [5.74, 6) is 2.86. The summed E-state index contributed by atoms with van der Waals surface area (Å²) in [6.45, 7) is 7.06. The zero-order valence-corrected chi connectivity index (χ0v) is 21.1. The lowest BCUT2D eigenvalue weighted by Gasteiger charge is -2.42. The first-order valence-corrected chi connectivity index (χ1v) is 12.9. The molecule has 2 aromatic heterocycles. The maximum Gasteiger partial charge on any atom is 0.230 e. The van der Waals surface area contributed by atoms with Gasteiger partial charge in [0.1, 0.15) is 5.82 Å². The first kappa shape index (κ1) is 24.1. The molecule has 3 heterocycles. The second-order valence-corrected chi connectivity index (χ2v) is 9.52. The number of piperazine rings is 1. The van der Waals surface area contributed by atoms with Gasteiger partial charge in [-0.2, -0.15) is 10.2 Å². The normalized spacial score (nSPS) is 18.6. The van der Waals surface area contributed by atoms with E-state index in [9.17, 15) is 4.79 Å². The number of aromatic nitrogens is 5. The predicted octanol–water partition coefficient (Wildman–Crippen LogP) is 3.24. The second kappa shape index (κ2) is 11.0. The van der Waals surface area contributed by atoms with Crippen LogP contribution in [-0.4, -0.2) is 74.2 Å². The standard InChI is InChI=1S/C26H35N7O3.H2/c1-3-35-23-10-9-20(15-24(23)36-22-7-4-5-8-22)31-13-14-33(21(17-31)18-32-12-6-11-27-32)26(34)16-25-28-19(2)29-30-25;/h6,9-12,15,21-22H,3-5,7-8,13-14,16-18H2,1-2H3,(H,28,29,30);1H/t21-;/m1./s1. The van der Waals surface area contributed by atoms with Crippen LogP contribution in [0.4, 0.5) is 5.69 Å². The summed E-state index contributed by atoms with van der Waals surface area (Å²) in [5, 5.41) is 11.4. The Balaban J connectivity index is 0.00000320. The number of anilines is 1. The average Bonchev–Trinajstić information content (AvgIpc) is 3.65. The van der Waals surface area contributed by atoms with E-state index in [0.29, 0.717) is 37.9 Å². The number of H-pyrrole nitrogens is 1. The molecule has 36 heavy (non-hydrogen) atoms. The minimum absolute atomic E-state index is 0. The molecule has 1 amide bonds. The van der Waals surface area contributed by atoms with Gasteiger partial charge >= 0.3 is 0 Å². The van der Waals surface area contributed by atoms with Crippen molar-refractivity contribution in [1.29, 1.82) is 0 Å². The largest absolute Gasteiger partial charge is 0.490 e. The van der Waals surface area contributed by atoms with Gasteiger partial charge in [-0.15, -0.1) is 0 Å². The van der Waals surface area contributed by atoms with Crippen molar-refractivity contribution in [3.8, 4) is 11.5 Å². The Labute approximate surface area is 213 Å². The molecule has 2 aliphatic rings. The van der Waals surface area contributed by atoms with Gasteiger partial charge in [-0.05, 0) is 57.7 Å². The predicted molar refractivity (Wildman–Crippen MR) is 137 cm³/mol. The fourth-order valence-electron chi connectivity index (χ4n) is 5.15. The summed E-state index contributed by atoms with van der Waals surface area (Å²) in [6.07, 6.45) is 8.75. The van der Waals surface area contributed by atoms with E-state index in [1.54, 1.807) is 6.20 Å². The highest BCUT2D eigenvalue weighted by Gasteiger charge is 2.32. The third kappa shape index (κ3) is 5.63. The number of amides is 1. The molecule has 1 aromatic carbocycles. The lowest BCUT2D eigenvalue weighted by molar-refractivity contribution is -0.133. The Morgan fingerprint density at radius 1 is 1.22 bits per heavy atom. The summed E-state index contributed by atoms with van der Waals surface area (Å²) in [5.41, 5.74) is 1.08. The molecule has 0 bridgehead atoms. The van der Waals surface area contributed by atoms with Gasteiger partial charge in [-0.3, -0.25) is 14.6 Å². The second-order valence-electron chi connectivity index (χ2n) is 9.52. The summed E-state index contributed by atoms with van der Waals surface area (Å²) < 4.78 is 14.1. The van der Waals surface area contributed by atoms with E-state index < -0.39 is 0 Å². The number of nitrogens with one attached hydrogen (secondary N) is 1. The maximum atomic E-state index is 13.3. The van der Waals surface area contributed by atoms with Crippen LogP contribution in [0.1, 0.15) is 45.7 Å². The van der Waals surface area contributed by atoms with Crippen molar-refractivity contribution < 1.29 is 15.7 Å². The minimum Gasteiger partial charge on any atom is -0.490 e. The van der Waals surface area contributed by atoms with E-state index in [2.05, 4.69) is 37.3 Å². The number of nitrogens with zero attached hydrogens (tertiary/aromatic N) is 6. The number of ether oxygens (including phenoxy) is 2. The van der Waals surface area contributed by atoms with Crippen LogP contribution < -0.4 is 14.4 Å². The van der Waals surface area contributed by atoms with Crippen LogP contribution in [0.5, 0.6) is 11.5 Å². The quantitative estimate of drug-likeness (QED) is 0.486. The maximum absolute atomic E-state index is 13.3. The third-order valence-electron chi connectivity index (χ3n) is 6.90. The van der Waals surface area contributed by atoms with Crippen molar-refractivity contribution >= 4 is 11.6 Å². The Hall–Kier alpha value is -3.56. The van der Waals surface area contributed by atoms with Crippen molar-refractivity contribution in [2.24, 2.45) is 0 Å². The van der Waals surface area contributed by atoms with Gasteiger partial charge in [0.05, 0.1) is 31.7 Å².